The third-order valence-electron chi connectivity index (χ3n) is 3.08. The lowest BCUT2D eigenvalue weighted by Crippen LogP contribution is -3.00. The molecule has 6 heteroatoms. The van der Waals surface area contributed by atoms with Crippen molar-refractivity contribution in [2.24, 2.45) is 0 Å². The lowest BCUT2D eigenvalue weighted by Gasteiger charge is -2.05. The summed E-state index contributed by atoms with van der Waals surface area (Å²) in [6.07, 6.45) is 5.00. The molecule has 0 atom stereocenters. The van der Waals surface area contributed by atoms with Crippen LogP contribution < -0.4 is 27.3 Å². The molecule has 4 nitrogen and oxygen atoms in total. The van der Waals surface area contributed by atoms with Crippen LogP contribution in [0.3, 0.4) is 0 Å². The zero-order valence-electron chi connectivity index (χ0n) is 11.9. The molecule has 0 spiro atoms. The highest BCUT2D eigenvalue weighted by Crippen LogP contribution is 2.07. The molecule has 0 amide bonds. The first kappa shape index (κ1) is 19.0. The fourth-order valence-corrected chi connectivity index (χ4v) is 1.87. The van der Waals surface area contributed by atoms with Crippen LogP contribution in [0.5, 0.6) is 0 Å². The second-order valence-corrected chi connectivity index (χ2v) is 4.49. The van der Waals surface area contributed by atoms with Gasteiger partial charge in [-0.1, -0.05) is 6.92 Å². The highest BCUT2D eigenvalue weighted by molar-refractivity contribution is 8.93. The Morgan fingerprint density at radius 2 is 1.95 bits per heavy atom. The van der Waals surface area contributed by atoms with Crippen LogP contribution in [0.25, 0.3) is 0 Å². The summed E-state index contributed by atoms with van der Waals surface area (Å²) in [4.78, 5) is 8.40. The standard InChI is InChI=1S/C14H19N4.2BrH/c1-4-12-6-5-10(2)18(8-12)9-13-7-16-11(3)17-14(13)15;;/h5-8H,4,9H2,1-3H3,(H2,15,16,17);2*1H/q+1;;/p-1. The van der Waals surface area contributed by atoms with Crippen LogP contribution in [0.2, 0.25) is 0 Å². The maximum atomic E-state index is 5.93. The number of hydrogen-bond donors (Lipinski definition) is 1. The first-order valence-corrected chi connectivity index (χ1v) is 6.17. The minimum Gasteiger partial charge on any atom is -1.00 e. The van der Waals surface area contributed by atoms with Crippen molar-refractivity contribution in [2.45, 2.75) is 33.7 Å². The Bertz CT molecular complexity index is 573. The van der Waals surface area contributed by atoms with E-state index >= 15 is 0 Å². The van der Waals surface area contributed by atoms with Gasteiger partial charge in [0.25, 0.3) is 0 Å². The van der Waals surface area contributed by atoms with Gasteiger partial charge in [0.05, 0.1) is 5.56 Å². The monoisotopic (exact) mass is 402 g/mol. The molecule has 0 aliphatic rings. The van der Waals surface area contributed by atoms with Crippen LogP contribution in [-0.2, 0) is 13.0 Å². The van der Waals surface area contributed by atoms with E-state index in [1.165, 1.54) is 11.3 Å². The molecular formula is C14H20Br2N4. The second kappa shape index (κ2) is 8.32. The third-order valence-corrected chi connectivity index (χ3v) is 3.08. The summed E-state index contributed by atoms with van der Waals surface area (Å²) in [5.74, 6) is 1.27. The summed E-state index contributed by atoms with van der Waals surface area (Å²) < 4.78 is 2.18. The van der Waals surface area contributed by atoms with Crippen LogP contribution >= 0.6 is 17.0 Å². The predicted molar refractivity (Wildman–Crippen MR) is 81.4 cm³/mol. The fourth-order valence-electron chi connectivity index (χ4n) is 1.87. The summed E-state index contributed by atoms with van der Waals surface area (Å²) >= 11 is 0. The highest BCUT2D eigenvalue weighted by atomic mass is 79.9. The Morgan fingerprint density at radius 3 is 2.55 bits per heavy atom. The van der Waals surface area contributed by atoms with Gasteiger partial charge in [-0.3, -0.25) is 0 Å². The number of aryl methyl sites for hydroxylation is 3. The number of halogens is 2. The third kappa shape index (κ3) is 4.52. The molecule has 2 aromatic rings. The van der Waals surface area contributed by atoms with Gasteiger partial charge in [0, 0.05) is 24.8 Å². The first-order valence-electron chi connectivity index (χ1n) is 6.17. The molecule has 0 bridgehead atoms. The Kier molecular flexibility index (Phi) is 7.90. The van der Waals surface area contributed by atoms with Gasteiger partial charge in [-0.2, -0.15) is 4.57 Å². The molecule has 110 valence electrons. The van der Waals surface area contributed by atoms with E-state index in [2.05, 4.69) is 46.7 Å². The average Bonchev–Trinajstić information content (AvgIpc) is 2.35. The number of nitrogens with two attached hydrogens (primary N) is 1. The zero-order chi connectivity index (χ0) is 13.1. The molecule has 0 aliphatic carbocycles. The number of pyridine rings is 1. The fraction of sp³-hybridized carbons (Fsp3) is 0.357. The minimum atomic E-state index is 0. The van der Waals surface area contributed by atoms with E-state index in [0.29, 0.717) is 18.2 Å². The number of anilines is 1. The lowest BCUT2D eigenvalue weighted by atomic mass is 10.2. The first-order chi connectivity index (χ1) is 8.60. The largest absolute Gasteiger partial charge is 1.00 e. The minimum absolute atomic E-state index is 0. The quantitative estimate of drug-likeness (QED) is 0.679. The van der Waals surface area contributed by atoms with Gasteiger partial charge in [0.1, 0.15) is 11.6 Å². The number of aromatic nitrogens is 3. The molecule has 0 unspecified atom stereocenters. The van der Waals surface area contributed by atoms with Crippen molar-refractivity contribution in [3.63, 3.8) is 0 Å². The molecule has 0 radical (unpaired) electrons. The van der Waals surface area contributed by atoms with Crippen molar-refractivity contribution in [1.82, 2.24) is 9.97 Å². The molecule has 0 aliphatic heterocycles. The van der Waals surface area contributed by atoms with Gasteiger partial charge in [0.15, 0.2) is 18.4 Å². The molecule has 2 N–H and O–H groups in total. The van der Waals surface area contributed by atoms with Crippen molar-refractivity contribution in [1.29, 1.82) is 0 Å². The van der Waals surface area contributed by atoms with Gasteiger partial charge in [-0.15, -0.1) is 17.0 Å². The molecule has 2 aromatic heterocycles. The Hall–Kier alpha value is -1.01. The van der Waals surface area contributed by atoms with E-state index in [1.54, 1.807) is 0 Å². The Labute approximate surface area is 141 Å². The van der Waals surface area contributed by atoms with Gasteiger partial charge in [-0.25, -0.2) is 9.97 Å². The van der Waals surface area contributed by atoms with Crippen molar-refractivity contribution in [3.8, 4) is 0 Å². The van der Waals surface area contributed by atoms with Crippen molar-refractivity contribution >= 4 is 22.8 Å². The van der Waals surface area contributed by atoms with E-state index in [0.717, 1.165) is 12.0 Å². The van der Waals surface area contributed by atoms with Crippen molar-refractivity contribution in [3.05, 3.63) is 47.2 Å². The maximum absolute atomic E-state index is 5.93. The van der Waals surface area contributed by atoms with E-state index in [9.17, 15) is 0 Å². The topological polar surface area (TPSA) is 55.7 Å². The number of nitrogen functional groups attached to an aromatic ring is 1. The van der Waals surface area contributed by atoms with E-state index in [1.807, 2.05) is 13.1 Å². The average molecular weight is 404 g/mol. The molecule has 20 heavy (non-hydrogen) atoms. The molecular weight excluding hydrogens is 384 g/mol. The predicted octanol–water partition coefficient (Wildman–Crippen LogP) is -0.844. The summed E-state index contributed by atoms with van der Waals surface area (Å²) in [6, 6.07) is 4.28. The number of rotatable bonds is 3. The summed E-state index contributed by atoms with van der Waals surface area (Å²) in [5, 5.41) is 0. The van der Waals surface area contributed by atoms with Crippen LogP contribution in [0.15, 0.2) is 24.5 Å². The summed E-state index contributed by atoms with van der Waals surface area (Å²) in [5.41, 5.74) is 9.40. The molecule has 0 saturated carbocycles. The normalized spacial score (nSPS) is 9.55. The van der Waals surface area contributed by atoms with Crippen molar-refractivity contribution < 1.29 is 21.5 Å². The number of hydrogen-bond acceptors (Lipinski definition) is 3. The summed E-state index contributed by atoms with van der Waals surface area (Å²) in [6.45, 7) is 6.80. The van der Waals surface area contributed by atoms with Gasteiger partial charge >= 0.3 is 0 Å². The van der Waals surface area contributed by atoms with E-state index < -0.39 is 0 Å². The smallest absolute Gasteiger partial charge is 0.179 e. The number of nitrogens with zero attached hydrogens (tertiary/aromatic N) is 3. The Balaban J connectivity index is 0.00000180. The van der Waals surface area contributed by atoms with Crippen molar-refractivity contribution in [2.75, 3.05) is 5.73 Å². The van der Waals surface area contributed by atoms with Crippen LogP contribution in [0.4, 0.5) is 5.82 Å². The van der Waals surface area contributed by atoms with Crippen LogP contribution in [0, 0.1) is 13.8 Å². The van der Waals surface area contributed by atoms with Crippen LogP contribution in [0.1, 0.15) is 29.6 Å². The SMILES string of the molecule is Br.CCc1ccc(C)[n+](Cc2cnc(C)nc2N)c1.[Br-]. The van der Waals surface area contributed by atoms with Gasteiger partial charge < -0.3 is 22.7 Å². The van der Waals surface area contributed by atoms with Gasteiger partial charge in [-0.05, 0) is 19.4 Å². The second-order valence-electron chi connectivity index (χ2n) is 4.49. The molecule has 2 heterocycles. The highest BCUT2D eigenvalue weighted by Gasteiger charge is 2.12. The van der Waals surface area contributed by atoms with E-state index in [-0.39, 0.29) is 34.0 Å². The zero-order valence-corrected chi connectivity index (χ0v) is 15.2. The van der Waals surface area contributed by atoms with Crippen LogP contribution in [-0.4, -0.2) is 9.97 Å². The molecule has 0 saturated heterocycles. The molecule has 0 aromatic carbocycles. The maximum Gasteiger partial charge on any atom is 0.179 e. The lowest BCUT2D eigenvalue weighted by molar-refractivity contribution is -0.694. The van der Waals surface area contributed by atoms with Gasteiger partial charge in [0.2, 0.25) is 0 Å². The Morgan fingerprint density at radius 1 is 1.25 bits per heavy atom. The van der Waals surface area contributed by atoms with E-state index in [4.69, 9.17) is 5.73 Å². The summed E-state index contributed by atoms with van der Waals surface area (Å²) in [7, 11) is 0. The molecule has 2 rings (SSSR count). The molecule has 0 fully saturated rings.